The molecular weight excluding hydrogens is 313 g/mol. The molecule has 0 saturated heterocycles. The summed E-state index contributed by atoms with van der Waals surface area (Å²) in [5.41, 5.74) is 0. The predicted molar refractivity (Wildman–Crippen MR) is 63.8 cm³/mol. The van der Waals surface area contributed by atoms with Crippen molar-refractivity contribution in [2.45, 2.75) is 26.3 Å². The fourth-order valence-electron chi connectivity index (χ4n) is 1.06. The highest BCUT2D eigenvalue weighted by atomic mass is 127. The van der Waals surface area contributed by atoms with Gasteiger partial charge in [-0.25, -0.2) is 9.59 Å². The van der Waals surface area contributed by atoms with Gasteiger partial charge in [0.25, 0.3) is 0 Å². The summed E-state index contributed by atoms with van der Waals surface area (Å²) in [5, 5.41) is 2.46. The maximum Gasteiger partial charge on any atom is 0.408 e. The van der Waals surface area contributed by atoms with Gasteiger partial charge in [-0.1, -0.05) is 13.8 Å². The molecule has 0 aliphatic rings. The lowest BCUT2D eigenvalue weighted by molar-refractivity contribution is -0.143. The molecule has 5 nitrogen and oxygen atoms in total. The second kappa shape index (κ2) is 7.72. The van der Waals surface area contributed by atoms with Crippen molar-refractivity contribution in [2.24, 2.45) is 5.92 Å². The third kappa shape index (κ3) is 6.53. The Morgan fingerprint density at radius 2 is 2.00 bits per heavy atom. The van der Waals surface area contributed by atoms with Gasteiger partial charge >= 0.3 is 12.1 Å². The van der Waals surface area contributed by atoms with Gasteiger partial charge in [-0.3, -0.25) is 0 Å². The van der Waals surface area contributed by atoms with Crippen LogP contribution in [0.15, 0.2) is 0 Å². The number of alkyl carbamates (subject to hydrolysis) is 1. The molecule has 88 valence electrons. The molecule has 0 aromatic rings. The standard InChI is InChI=1S/C9H16INO4/c1-6(2)4-7(8(12)14-3)11-9(13)15-5-10/h6-7H,4-5H2,1-3H3,(H,11,13)/t7-/m0/s1. The van der Waals surface area contributed by atoms with E-state index in [0.717, 1.165) is 0 Å². The van der Waals surface area contributed by atoms with Crippen LogP contribution in [0.2, 0.25) is 0 Å². The van der Waals surface area contributed by atoms with Crippen molar-refractivity contribution in [2.75, 3.05) is 11.7 Å². The smallest absolute Gasteiger partial charge is 0.408 e. The number of amides is 1. The first-order valence-corrected chi connectivity index (χ1v) is 6.10. The highest BCUT2D eigenvalue weighted by Gasteiger charge is 2.22. The van der Waals surface area contributed by atoms with E-state index in [1.807, 2.05) is 36.4 Å². The fourth-order valence-corrected chi connectivity index (χ4v) is 1.34. The lowest BCUT2D eigenvalue weighted by Crippen LogP contribution is -2.42. The minimum atomic E-state index is -0.634. The van der Waals surface area contributed by atoms with E-state index in [2.05, 4.69) is 14.8 Å². The molecule has 0 unspecified atom stereocenters. The Kier molecular flexibility index (Phi) is 7.45. The topological polar surface area (TPSA) is 64.6 Å². The average molecular weight is 329 g/mol. The zero-order chi connectivity index (χ0) is 11.8. The van der Waals surface area contributed by atoms with Crippen LogP contribution in [0.5, 0.6) is 0 Å². The first kappa shape index (κ1) is 14.5. The number of nitrogens with one attached hydrogen (secondary N) is 1. The summed E-state index contributed by atoms with van der Waals surface area (Å²) in [4.78, 5) is 22.4. The van der Waals surface area contributed by atoms with Crippen LogP contribution < -0.4 is 5.32 Å². The molecule has 0 bridgehead atoms. The van der Waals surface area contributed by atoms with E-state index in [1.54, 1.807) is 0 Å². The summed E-state index contributed by atoms with van der Waals surface area (Å²) in [6.45, 7) is 3.92. The lowest BCUT2D eigenvalue weighted by Gasteiger charge is -2.17. The van der Waals surface area contributed by atoms with Gasteiger partial charge < -0.3 is 14.8 Å². The van der Waals surface area contributed by atoms with Crippen molar-refractivity contribution in [1.82, 2.24) is 5.32 Å². The van der Waals surface area contributed by atoms with Gasteiger partial charge in [0.1, 0.15) is 10.7 Å². The molecule has 0 radical (unpaired) electrons. The summed E-state index contributed by atoms with van der Waals surface area (Å²) in [7, 11) is 1.29. The molecule has 15 heavy (non-hydrogen) atoms. The molecule has 0 heterocycles. The van der Waals surface area contributed by atoms with E-state index in [0.29, 0.717) is 6.42 Å². The minimum Gasteiger partial charge on any atom is -0.467 e. The van der Waals surface area contributed by atoms with Gasteiger partial charge in [0, 0.05) is 0 Å². The molecule has 0 spiro atoms. The third-order valence-electron chi connectivity index (χ3n) is 1.67. The van der Waals surface area contributed by atoms with Crippen molar-refractivity contribution in [3.63, 3.8) is 0 Å². The van der Waals surface area contributed by atoms with E-state index in [-0.39, 0.29) is 10.5 Å². The minimum absolute atomic E-state index is 0.249. The van der Waals surface area contributed by atoms with E-state index in [1.165, 1.54) is 7.11 Å². The van der Waals surface area contributed by atoms with Crippen molar-refractivity contribution in [1.29, 1.82) is 0 Å². The summed E-state index contributed by atoms with van der Waals surface area (Å²) < 4.78 is 9.51. The molecule has 0 rings (SSSR count). The first-order valence-electron chi connectivity index (χ1n) is 4.58. The number of carbonyl (C=O) groups excluding carboxylic acids is 2. The highest BCUT2D eigenvalue weighted by Crippen LogP contribution is 2.06. The van der Waals surface area contributed by atoms with Crippen LogP contribution in [-0.2, 0) is 14.3 Å². The quantitative estimate of drug-likeness (QED) is 0.474. The van der Waals surface area contributed by atoms with Crippen molar-refractivity contribution >= 4 is 34.7 Å². The molecule has 0 aliphatic heterocycles. The number of esters is 1. The Labute approximate surface area is 103 Å². The van der Waals surface area contributed by atoms with E-state index in [4.69, 9.17) is 0 Å². The van der Waals surface area contributed by atoms with E-state index < -0.39 is 18.1 Å². The van der Waals surface area contributed by atoms with Crippen LogP contribution in [-0.4, -0.2) is 29.8 Å². The zero-order valence-corrected chi connectivity index (χ0v) is 11.2. The normalized spacial score (nSPS) is 12.1. The van der Waals surface area contributed by atoms with Crippen LogP contribution in [0.3, 0.4) is 0 Å². The van der Waals surface area contributed by atoms with Crippen LogP contribution in [0.4, 0.5) is 4.79 Å². The Hall–Kier alpha value is -0.530. The first-order chi connectivity index (χ1) is 7.01. The van der Waals surface area contributed by atoms with Gasteiger partial charge in [0.15, 0.2) is 0 Å². The maximum atomic E-state index is 11.3. The summed E-state index contributed by atoms with van der Waals surface area (Å²) in [6, 6.07) is -0.634. The second-order valence-corrected chi connectivity index (χ2v) is 4.01. The van der Waals surface area contributed by atoms with Gasteiger partial charge in [-0.2, -0.15) is 0 Å². The van der Waals surface area contributed by atoms with Gasteiger partial charge in [-0.05, 0) is 34.9 Å². The van der Waals surface area contributed by atoms with Crippen LogP contribution >= 0.6 is 22.6 Å². The highest BCUT2D eigenvalue weighted by molar-refractivity contribution is 14.1. The number of carbonyl (C=O) groups is 2. The number of hydrogen-bond donors (Lipinski definition) is 1. The zero-order valence-electron chi connectivity index (χ0n) is 9.08. The fraction of sp³-hybridized carbons (Fsp3) is 0.778. The van der Waals surface area contributed by atoms with E-state index >= 15 is 0 Å². The SMILES string of the molecule is COC(=O)[C@H](CC(C)C)NC(=O)OCI. The lowest BCUT2D eigenvalue weighted by atomic mass is 10.0. The van der Waals surface area contributed by atoms with Gasteiger partial charge in [0.2, 0.25) is 0 Å². The van der Waals surface area contributed by atoms with Crippen molar-refractivity contribution in [3.05, 3.63) is 0 Å². The summed E-state index contributed by atoms with van der Waals surface area (Å²) in [5.74, 6) is -0.164. The van der Waals surface area contributed by atoms with Gasteiger partial charge in [-0.15, -0.1) is 0 Å². The molecule has 0 fully saturated rings. The summed E-state index contributed by atoms with van der Waals surface area (Å²) in [6.07, 6.45) is -0.0660. The van der Waals surface area contributed by atoms with Gasteiger partial charge in [0.05, 0.1) is 7.11 Å². The van der Waals surface area contributed by atoms with E-state index in [9.17, 15) is 9.59 Å². The van der Waals surface area contributed by atoms with Crippen LogP contribution in [0.1, 0.15) is 20.3 Å². The number of halogens is 1. The van der Waals surface area contributed by atoms with Crippen LogP contribution in [0, 0.1) is 5.92 Å². The molecule has 0 aromatic carbocycles. The predicted octanol–water partition coefficient (Wildman–Crippen LogP) is 1.69. The molecule has 1 amide bonds. The molecule has 0 aromatic heterocycles. The largest absolute Gasteiger partial charge is 0.467 e. The van der Waals surface area contributed by atoms with Crippen LogP contribution in [0.25, 0.3) is 0 Å². The molecule has 0 aliphatic carbocycles. The molecule has 1 N–H and O–H groups in total. The number of methoxy groups -OCH3 is 1. The Morgan fingerprint density at radius 1 is 1.40 bits per heavy atom. The maximum absolute atomic E-state index is 11.3. The Morgan fingerprint density at radius 3 is 2.40 bits per heavy atom. The van der Waals surface area contributed by atoms with Crippen molar-refractivity contribution < 1.29 is 19.1 Å². The number of alkyl halides is 1. The molecule has 6 heteroatoms. The molecule has 1 atom stereocenters. The number of hydrogen-bond acceptors (Lipinski definition) is 4. The monoisotopic (exact) mass is 329 g/mol. The Bertz CT molecular complexity index is 220. The van der Waals surface area contributed by atoms with Crippen molar-refractivity contribution in [3.8, 4) is 0 Å². The number of ether oxygens (including phenoxy) is 2. The third-order valence-corrected chi connectivity index (χ3v) is 1.98. The molecular formula is C9H16INO4. The summed E-state index contributed by atoms with van der Waals surface area (Å²) >= 11 is 1.90. The second-order valence-electron chi connectivity index (χ2n) is 3.39. The number of rotatable bonds is 5. The molecule has 0 saturated carbocycles. The average Bonchev–Trinajstić information content (AvgIpc) is 2.15. The Balaban J connectivity index is 4.24.